The molecule has 0 spiro atoms. The van der Waals surface area contributed by atoms with Gasteiger partial charge in [0.05, 0.1) is 32.8 Å². The molecular formula is C19H22N4OS. The summed E-state index contributed by atoms with van der Waals surface area (Å²) < 4.78 is 11.7. The zero-order valence-electron chi connectivity index (χ0n) is 14.7. The lowest BCUT2D eigenvalue weighted by molar-refractivity contribution is 0.442. The highest BCUT2D eigenvalue weighted by atomic mass is 32.1. The zero-order valence-corrected chi connectivity index (χ0v) is 15.5. The highest BCUT2D eigenvalue weighted by Crippen LogP contribution is 2.16. The summed E-state index contributed by atoms with van der Waals surface area (Å²) in [5.74, 6) is 1.55. The number of nitrogens with zero attached hydrogens (tertiary/aromatic N) is 2. The van der Waals surface area contributed by atoms with Gasteiger partial charge >= 0.3 is 0 Å². The number of para-hydroxylation sites is 2. The molecule has 2 heterocycles. The molecule has 0 amide bonds. The molecule has 2 aromatic heterocycles. The molecule has 0 aliphatic heterocycles. The average Bonchev–Trinajstić information content (AvgIpc) is 3.00. The second kappa shape index (κ2) is 7.19. The van der Waals surface area contributed by atoms with Gasteiger partial charge in [0.15, 0.2) is 0 Å². The van der Waals surface area contributed by atoms with Crippen molar-refractivity contribution in [3.63, 3.8) is 0 Å². The lowest BCUT2D eigenvalue weighted by atomic mass is 9.97. The molecule has 1 aromatic carbocycles. The van der Waals surface area contributed by atoms with Crippen LogP contribution in [-0.4, -0.2) is 30.6 Å². The van der Waals surface area contributed by atoms with Crippen molar-refractivity contribution in [1.29, 1.82) is 0 Å². The van der Waals surface area contributed by atoms with E-state index in [0.717, 1.165) is 29.2 Å². The normalized spacial score (nSPS) is 11.5. The molecule has 2 N–H and O–H groups in total. The van der Waals surface area contributed by atoms with Gasteiger partial charge in [-0.05, 0) is 29.7 Å². The molecule has 0 aliphatic rings. The van der Waals surface area contributed by atoms with Crippen molar-refractivity contribution in [2.45, 2.75) is 27.2 Å². The Bertz CT molecular complexity index is 903. The van der Waals surface area contributed by atoms with E-state index in [9.17, 15) is 4.21 Å². The first-order chi connectivity index (χ1) is 11.9. The number of anilines is 1. The zero-order chi connectivity index (χ0) is 17.9. The Balaban J connectivity index is 1.80. The molecule has 0 unspecified atom stereocenters. The summed E-state index contributed by atoms with van der Waals surface area (Å²) in [5, 5.41) is 3.33. The Hall–Kier alpha value is -2.47. The maximum Gasteiger partial charge on any atom is 0.126 e. The molecule has 25 heavy (non-hydrogen) atoms. The maximum absolute atomic E-state index is 11.7. The number of hydrogen-bond donors (Lipinski definition) is 2. The minimum Gasteiger partial charge on any atom is -0.370 e. The van der Waals surface area contributed by atoms with Gasteiger partial charge in [-0.15, -0.1) is 0 Å². The predicted octanol–water partition coefficient (Wildman–Crippen LogP) is 3.39. The molecule has 0 radical (unpaired) electrons. The molecule has 0 aliphatic carbocycles. The highest BCUT2D eigenvalue weighted by Gasteiger charge is 2.13. The van der Waals surface area contributed by atoms with E-state index in [1.54, 1.807) is 0 Å². The van der Waals surface area contributed by atoms with Crippen LogP contribution in [0.2, 0.25) is 0 Å². The molecule has 0 saturated heterocycles. The van der Waals surface area contributed by atoms with Gasteiger partial charge in [-0.3, -0.25) is 0 Å². The van der Waals surface area contributed by atoms with E-state index in [4.69, 9.17) is 0 Å². The number of nitrogens with one attached hydrogen (secondary N) is 2. The van der Waals surface area contributed by atoms with Crippen molar-refractivity contribution in [3.8, 4) is 0 Å². The quantitative estimate of drug-likeness (QED) is 0.544. The lowest BCUT2D eigenvalue weighted by Gasteiger charge is -2.19. The summed E-state index contributed by atoms with van der Waals surface area (Å²) in [4.78, 5) is 13.0. The number of benzene rings is 1. The van der Waals surface area contributed by atoms with E-state index in [0.29, 0.717) is 28.2 Å². The first-order valence-corrected chi connectivity index (χ1v) is 8.99. The van der Waals surface area contributed by atoms with Crippen LogP contribution in [0.15, 0.2) is 42.5 Å². The third-order valence-corrected chi connectivity index (χ3v) is 4.26. The molecule has 0 saturated carbocycles. The topological polar surface area (TPSA) is 70.7 Å². The third kappa shape index (κ3) is 4.54. The summed E-state index contributed by atoms with van der Waals surface area (Å²) in [5.41, 5.74) is 2.73. The van der Waals surface area contributed by atoms with Crippen LogP contribution < -0.4 is 5.32 Å². The molecule has 0 fully saturated rings. The first-order valence-electron chi connectivity index (χ1n) is 8.25. The standard InChI is InChI=1S/C19H22N4OS/c1-19(2,3)12-20-17-10-6-9-15(23-17)16(25-24)11-18-21-13-7-4-5-8-14(13)22-18/h4-10H,11-12H2,1-3H3,(H,20,23)(H,21,22). The number of fused-ring (bicyclic) bond motifs is 1. The maximum atomic E-state index is 11.7. The van der Waals surface area contributed by atoms with Crippen molar-refractivity contribution >= 4 is 33.0 Å². The first kappa shape index (κ1) is 17.4. The van der Waals surface area contributed by atoms with Gasteiger partial charge in [-0.25, -0.2) is 14.2 Å². The number of pyridine rings is 1. The summed E-state index contributed by atoms with van der Waals surface area (Å²) in [7, 11) is 0. The number of aromatic nitrogens is 3. The number of imidazole rings is 1. The van der Waals surface area contributed by atoms with Crippen LogP contribution in [-0.2, 0) is 17.7 Å². The summed E-state index contributed by atoms with van der Waals surface area (Å²) in [6, 6.07) is 13.5. The van der Waals surface area contributed by atoms with Gasteiger partial charge in [-0.1, -0.05) is 39.0 Å². The highest BCUT2D eigenvalue weighted by molar-refractivity contribution is 7.67. The van der Waals surface area contributed by atoms with Crippen molar-refractivity contribution in [3.05, 3.63) is 54.0 Å². The van der Waals surface area contributed by atoms with Crippen LogP contribution in [0, 0.1) is 5.41 Å². The van der Waals surface area contributed by atoms with E-state index >= 15 is 0 Å². The van der Waals surface area contributed by atoms with Crippen LogP contribution in [0.4, 0.5) is 5.82 Å². The molecule has 6 heteroatoms. The van der Waals surface area contributed by atoms with Crippen molar-refractivity contribution < 1.29 is 4.21 Å². The van der Waals surface area contributed by atoms with E-state index < -0.39 is 0 Å². The second-order valence-corrected chi connectivity index (χ2v) is 7.87. The number of hydrogen-bond acceptors (Lipinski definition) is 4. The molecule has 0 atom stereocenters. The summed E-state index contributed by atoms with van der Waals surface area (Å²) >= 11 is 0.476. The lowest BCUT2D eigenvalue weighted by Crippen LogP contribution is -2.20. The average molecular weight is 354 g/mol. The molecule has 130 valence electrons. The fraction of sp³-hybridized carbons (Fsp3) is 0.316. The second-order valence-electron chi connectivity index (χ2n) is 7.21. The predicted molar refractivity (Wildman–Crippen MR) is 104 cm³/mol. The number of rotatable bonds is 5. The SMILES string of the molecule is CC(C)(C)CNc1cccc(C(Cc2nc3ccccc3[nH]2)=S=O)n1. The van der Waals surface area contributed by atoms with Crippen LogP contribution in [0.5, 0.6) is 0 Å². The Morgan fingerprint density at radius 1 is 1.12 bits per heavy atom. The van der Waals surface area contributed by atoms with Crippen molar-refractivity contribution in [2.75, 3.05) is 11.9 Å². The van der Waals surface area contributed by atoms with Crippen molar-refractivity contribution in [1.82, 2.24) is 15.0 Å². The van der Waals surface area contributed by atoms with Gasteiger partial charge in [0, 0.05) is 13.0 Å². The van der Waals surface area contributed by atoms with E-state index in [1.165, 1.54) is 0 Å². The van der Waals surface area contributed by atoms with Gasteiger partial charge in [-0.2, -0.15) is 0 Å². The molecule has 5 nitrogen and oxygen atoms in total. The monoisotopic (exact) mass is 354 g/mol. The fourth-order valence-electron chi connectivity index (χ4n) is 2.45. The van der Waals surface area contributed by atoms with Gasteiger partial charge in [0.25, 0.3) is 0 Å². The van der Waals surface area contributed by atoms with Gasteiger partial charge < -0.3 is 10.3 Å². The van der Waals surface area contributed by atoms with E-state index in [2.05, 4.69) is 41.0 Å². The van der Waals surface area contributed by atoms with E-state index in [-0.39, 0.29) is 5.41 Å². The van der Waals surface area contributed by atoms with Crippen molar-refractivity contribution in [2.24, 2.45) is 5.41 Å². The van der Waals surface area contributed by atoms with Gasteiger partial charge in [0.1, 0.15) is 11.6 Å². The Morgan fingerprint density at radius 3 is 2.64 bits per heavy atom. The molecule has 0 bridgehead atoms. The molecule has 3 rings (SSSR count). The number of aromatic amines is 1. The van der Waals surface area contributed by atoms with Crippen LogP contribution in [0.3, 0.4) is 0 Å². The Morgan fingerprint density at radius 2 is 1.92 bits per heavy atom. The minimum atomic E-state index is 0.159. The third-order valence-electron chi connectivity index (χ3n) is 3.70. The largest absolute Gasteiger partial charge is 0.370 e. The Labute approximate surface area is 151 Å². The smallest absolute Gasteiger partial charge is 0.126 e. The summed E-state index contributed by atoms with van der Waals surface area (Å²) in [6.07, 6.45) is 0.443. The van der Waals surface area contributed by atoms with E-state index in [1.807, 2.05) is 42.5 Å². The van der Waals surface area contributed by atoms with Crippen LogP contribution in [0.25, 0.3) is 11.0 Å². The fourth-order valence-corrected chi connectivity index (χ4v) is 2.84. The Kier molecular flexibility index (Phi) is 4.99. The molecule has 3 aromatic rings. The molecular weight excluding hydrogens is 332 g/mol. The minimum absolute atomic E-state index is 0.159. The van der Waals surface area contributed by atoms with Gasteiger partial charge in [0.2, 0.25) is 0 Å². The number of H-pyrrole nitrogens is 1. The van der Waals surface area contributed by atoms with Crippen LogP contribution in [0.1, 0.15) is 32.3 Å². The van der Waals surface area contributed by atoms with Crippen LogP contribution >= 0.6 is 0 Å². The summed E-state index contributed by atoms with van der Waals surface area (Å²) in [6.45, 7) is 7.30.